The van der Waals surface area contributed by atoms with E-state index in [0.29, 0.717) is 0 Å². The fourth-order valence-electron chi connectivity index (χ4n) is 2.95. The van der Waals surface area contributed by atoms with Crippen LogP contribution in [0.25, 0.3) is 16.6 Å². The van der Waals surface area contributed by atoms with Crippen molar-refractivity contribution in [2.75, 3.05) is 11.9 Å². The molecule has 0 saturated carbocycles. The molecule has 0 spiro atoms. The molecule has 0 amide bonds. The Kier molecular flexibility index (Phi) is 3.83. The monoisotopic (exact) mass is 317 g/mol. The van der Waals surface area contributed by atoms with Crippen molar-refractivity contribution in [1.29, 1.82) is 0 Å². The minimum Gasteiger partial charge on any atom is -0.355 e. The lowest BCUT2D eigenvalue weighted by atomic mass is 10.1. The highest BCUT2D eigenvalue weighted by Gasteiger charge is 2.13. The minimum atomic E-state index is 0.807. The van der Waals surface area contributed by atoms with Crippen LogP contribution >= 0.6 is 0 Å². The standard InChI is InChI=1S/C19H19N5/c1-2-17-22-23-18-15-10-6-7-11-16(15)21-19(24(17)18)20-13-12-14-8-4-3-5-9-14/h3-11H,2,12-13H2,1H3,(H,20,21). The zero-order valence-corrected chi connectivity index (χ0v) is 13.6. The number of fused-ring (bicyclic) bond motifs is 3. The Bertz CT molecular complexity index is 975. The van der Waals surface area contributed by atoms with Crippen LogP contribution in [0.2, 0.25) is 0 Å². The number of anilines is 1. The van der Waals surface area contributed by atoms with Gasteiger partial charge in [-0.1, -0.05) is 49.4 Å². The molecule has 2 aromatic carbocycles. The molecule has 0 unspecified atom stereocenters. The topological polar surface area (TPSA) is 55.1 Å². The van der Waals surface area contributed by atoms with Gasteiger partial charge in [-0.15, -0.1) is 10.2 Å². The van der Waals surface area contributed by atoms with E-state index < -0.39 is 0 Å². The smallest absolute Gasteiger partial charge is 0.210 e. The van der Waals surface area contributed by atoms with Crippen LogP contribution in [0.1, 0.15) is 18.3 Å². The van der Waals surface area contributed by atoms with Gasteiger partial charge in [-0.3, -0.25) is 0 Å². The number of para-hydroxylation sites is 1. The van der Waals surface area contributed by atoms with Gasteiger partial charge in [-0.25, -0.2) is 9.38 Å². The molecule has 0 radical (unpaired) electrons. The lowest BCUT2D eigenvalue weighted by molar-refractivity contribution is 0.889. The van der Waals surface area contributed by atoms with Gasteiger partial charge in [0.25, 0.3) is 0 Å². The highest BCUT2D eigenvalue weighted by atomic mass is 15.3. The van der Waals surface area contributed by atoms with Crippen LogP contribution in [0, 0.1) is 0 Å². The second-order valence-electron chi connectivity index (χ2n) is 5.74. The third-order valence-corrected chi connectivity index (χ3v) is 4.17. The van der Waals surface area contributed by atoms with Crippen molar-refractivity contribution in [3.63, 3.8) is 0 Å². The molecule has 0 aliphatic heterocycles. The molecule has 5 heteroatoms. The summed E-state index contributed by atoms with van der Waals surface area (Å²) >= 11 is 0. The summed E-state index contributed by atoms with van der Waals surface area (Å²) in [4.78, 5) is 4.79. The first-order chi connectivity index (χ1) is 11.9. The molecule has 0 atom stereocenters. The van der Waals surface area contributed by atoms with Crippen molar-refractivity contribution < 1.29 is 0 Å². The molecule has 0 bridgehead atoms. The van der Waals surface area contributed by atoms with E-state index in [-0.39, 0.29) is 0 Å². The summed E-state index contributed by atoms with van der Waals surface area (Å²) < 4.78 is 2.04. The summed E-state index contributed by atoms with van der Waals surface area (Å²) in [6, 6.07) is 18.5. The van der Waals surface area contributed by atoms with Gasteiger partial charge in [0.2, 0.25) is 5.95 Å². The molecule has 2 heterocycles. The lowest BCUT2D eigenvalue weighted by Crippen LogP contribution is -2.11. The van der Waals surface area contributed by atoms with E-state index in [1.54, 1.807) is 0 Å². The van der Waals surface area contributed by atoms with Gasteiger partial charge in [-0.2, -0.15) is 0 Å². The van der Waals surface area contributed by atoms with Crippen molar-refractivity contribution in [3.8, 4) is 0 Å². The Hall–Kier alpha value is -2.95. The van der Waals surface area contributed by atoms with Gasteiger partial charge in [-0.05, 0) is 24.1 Å². The molecular weight excluding hydrogens is 298 g/mol. The molecule has 1 N–H and O–H groups in total. The zero-order chi connectivity index (χ0) is 16.4. The number of benzene rings is 2. The second-order valence-corrected chi connectivity index (χ2v) is 5.74. The van der Waals surface area contributed by atoms with Gasteiger partial charge in [0, 0.05) is 18.4 Å². The average Bonchev–Trinajstić information content (AvgIpc) is 3.07. The van der Waals surface area contributed by atoms with Crippen molar-refractivity contribution in [2.45, 2.75) is 19.8 Å². The Balaban J connectivity index is 1.71. The Morgan fingerprint density at radius 2 is 1.75 bits per heavy atom. The highest BCUT2D eigenvalue weighted by Crippen LogP contribution is 2.22. The van der Waals surface area contributed by atoms with Gasteiger partial charge < -0.3 is 5.32 Å². The number of aryl methyl sites for hydroxylation is 1. The molecule has 4 rings (SSSR count). The number of aromatic nitrogens is 4. The summed E-state index contributed by atoms with van der Waals surface area (Å²) in [5, 5.41) is 13.2. The molecule has 5 nitrogen and oxygen atoms in total. The second kappa shape index (κ2) is 6.28. The first-order valence-electron chi connectivity index (χ1n) is 8.27. The summed E-state index contributed by atoms with van der Waals surface area (Å²) in [5.41, 5.74) is 3.10. The molecular formula is C19H19N5. The molecule has 0 saturated heterocycles. The van der Waals surface area contributed by atoms with Crippen LogP contribution in [0.5, 0.6) is 0 Å². The molecule has 2 aromatic heterocycles. The molecule has 0 aliphatic rings. The fraction of sp³-hybridized carbons (Fsp3) is 0.211. The number of hydrogen-bond donors (Lipinski definition) is 1. The maximum atomic E-state index is 4.79. The molecule has 0 fully saturated rings. The van der Waals surface area contributed by atoms with E-state index in [4.69, 9.17) is 4.98 Å². The lowest BCUT2D eigenvalue weighted by Gasteiger charge is -2.11. The van der Waals surface area contributed by atoms with E-state index >= 15 is 0 Å². The predicted octanol–water partition coefficient (Wildman–Crippen LogP) is 3.49. The quantitative estimate of drug-likeness (QED) is 0.612. The van der Waals surface area contributed by atoms with Gasteiger partial charge in [0.05, 0.1) is 5.52 Å². The summed E-state index contributed by atoms with van der Waals surface area (Å²) in [6.45, 7) is 2.89. The van der Waals surface area contributed by atoms with Gasteiger partial charge in [0.15, 0.2) is 5.65 Å². The number of hydrogen-bond acceptors (Lipinski definition) is 4. The number of rotatable bonds is 5. The van der Waals surface area contributed by atoms with Gasteiger partial charge >= 0.3 is 0 Å². The maximum absolute atomic E-state index is 4.79. The minimum absolute atomic E-state index is 0.807. The Morgan fingerprint density at radius 3 is 2.58 bits per heavy atom. The largest absolute Gasteiger partial charge is 0.355 e. The highest BCUT2D eigenvalue weighted by molar-refractivity contribution is 5.92. The number of nitrogens with one attached hydrogen (secondary N) is 1. The van der Waals surface area contributed by atoms with Crippen molar-refractivity contribution in [2.24, 2.45) is 0 Å². The average molecular weight is 317 g/mol. The van der Waals surface area contributed by atoms with E-state index in [0.717, 1.165) is 47.7 Å². The van der Waals surface area contributed by atoms with E-state index in [9.17, 15) is 0 Å². The van der Waals surface area contributed by atoms with Crippen LogP contribution in [0.3, 0.4) is 0 Å². The van der Waals surface area contributed by atoms with Crippen LogP contribution in [-0.2, 0) is 12.8 Å². The van der Waals surface area contributed by atoms with E-state index in [1.165, 1.54) is 5.56 Å². The predicted molar refractivity (Wildman–Crippen MR) is 96.3 cm³/mol. The number of nitrogens with zero attached hydrogens (tertiary/aromatic N) is 4. The summed E-state index contributed by atoms with van der Waals surface area (Å²) in [6.07, 6.45) is 1.76. The Morgan fingerprint density at radius 1 is 0.958 bits per heavy atom. The van der Waals surface area contributed by atoms with Crippen LogP contribution in [0.15, 0.2) is 54.6 Å². The van der Waals surface area contributed by atoms with Crippen LogP contribution in [-0.4, -0.2) is 26.1 Å². The molecule has 24 heavy (non-hydrogen) atoms. The summed E-state index contributed by atoms with van der Waals surface area (Å²) in [7, 11) is 0. The third-order valence-electron chi connectivity index (χ3n) is 4.17. The fourth-order valence-corrected chi connectivity index (χ4v) is 2.95. The van der Waals surface area contributed by atoms with Crippen LogP contribution < -0.4 is 5.32 Å². The van der Waals surface area contributed by atoms with Crippen molar-refractivity contribution >= 4 is 22.5 Å². The normalized spacial score (nSPS) is 11.2. The van der Waals surface area contributed by atoms with E-state index in [2.05, 4.69) is 46.7 Å². The molecule has 0 aliphatic carbocycles. The first-order valence-corrected chi connectivity index (χ1v) is 8.27. The molecule has 120 valence electrons. The van der Waals surface area contributed by atoms with Crippen LogP contribution in [0.4, 0.5) is 5.95 Å². The summed E-state index contributed by atoms with van der Waals surface area (Å²) in [5.74, 6) is 1.73. The van der Waals surface area contributed by atoms with Crippen molar-refractivity contribution in [3.05, 3.63) is 66.0 Å². The third kappa shape index (κ3) is 2.58. The molecule has 4 aromatic rings. The SMILES string of the molecule is CCc1nnc2c3ccccc3nc(NCCc3ccccc3)n12. The van der Waals surface area contributed by atoms with Crippen molar-refractivity contribution in [1.82, 2.24) is 19.6 Å². The Labute approximate surface area is 140 Å². The zero-order valence-electron chi connectivity index (χ0n) is 13.6. The first kappa shape index (κ1) is 14.6. The van der Waals surface area contributed by atoms with E-state index in [1.807, 2.05) is 34.7 Å². The maximum Gasteiger partial charge on any atom is 0.210 e. The van der Waals surface area contributed by atoms with Gasteiger partial charge in [0.1, 0.15) is 5.82 Å².